The van der Waals surface area contributed by atoms with Gasteiger partial charge in [-0.1, -0.05) is 12.1 Å². The van der Waals surface area contributed by atoms with E-state index < -0.39 is 0 Å². The maximum Gasteiger partial charge on any atom is 0.248 e. The fourth-order valence-corrected chi connectivity index (χ4v) is 1.54. The Morgan fingerprint density at radius 3 is 2.75 bits per heavy atom. The number of hydrogen-bond donors (Lipinski definition) is 0. The highest BCUT2D eigenvalue weighted by atomic mass is 127. The first-order chi connectivity index (χ1) is 5.88. The van der Waals surface area contributed by atoms with Crippen molar-refractivity contribution in [1.82, 2.24) is 10.2 Å². The third-order valence-corrected chi connectivity index (χ3v) is 2.40. The van der Waals surface area contributed by atoms with Crippen LogP contribution in [0.25, 0.3) is 11.5 Å². The van der Waals surface area contributed by atoms with Gasteiger partial charge in [0.25, 0.3) is 0 Å². The standard InChI is InChI=1S/C8H5IN2O/c9-7-4-2-1-3-6(7)8-11-10-5-12-8/h1-5H. The average molecular weight is 272 g/mol. The van der Waals surface area contributed by atoms with Gasteiger partial charge in [-0.05, 0) is 34.7 Å². The lowest BCUT2D eigenvalue weighted by Gasteiger charge is -1.95. The minimum absolute atomic E-state index is 0.569. The molecule has 60 valence electrons. The summed E-state index contributed by atoms with van der Waals surface area (Å²) in [6, 6.07) is 7.87. The minimum Gasteiger partial charge on any atom is -0.423 e. The topological polar surface area (TPSA) is 38.9 Å². The van der Waals surface area contributed by atoms with Crippen LogP contribution in [-0.4, -0.2) is 10.2 Å². The Bertz CT molecular complexity index is 372. The molecule has 2 rings (SSSR count). The zero-order chi connectivity index (χ0) is 8.39. The molecule has 0 unspecified atom stereocenters. The predicted molar refractivity (Wildman–Crippen MR) is 52.5 cm³/mol. The first-order valence-electron chi connectivity index (χ1n) is 3.39. The monoisotopic (exact) mass is 272 g/mol. The van der Waals surface area contributed by atoms with Crippen LogP contribution in [0.5, 0.6) is 0 Å². The summed E-state index contributed by atoms with van der Waals surface area (Å²) in [5, 5.41) is 7.45. The lowest BCUT2D eigenvalue weighted by Crippen LogP contribution is -1.81. The van der Waals surface area contributed by atoms with Gasteiger partial charge in [-0.15, -0.1) is 10.2 Å². The van der Waals surface area contributed by atoms with E-state index in [0.717, 1.165) is 9.13 Å². The van der Waals surface area contributed by atoms with E-state index >= 15 is 0 Å². The van der Waals surface area contributed by atoms with Gasteiger partial charge in [-0.2, -0.15) is 0 Å². The van der Waals surface area contributed by atoms with Crippen molar-refractivity contribution >= 4 is 22.6 Å². The van der Waals surface area contributed by atoms with Crippen molar-refractivity contribution in [2.75, 3.05) is 0 Å². The number of hydrogen-bond acceptors (Lipinski definition) is 3. The fourth-order valence-electron chi connectivity index (χ4n) is 0.925. The maximum absolute atomic E-state index is 5.07. The Kier molecular flexibility index (Phi) is 2.07. The van der Waals surface area contributed by atoms with Crippen molar-refractivity contribution in [3.8, 4) is 11.5 Å². The van der Waals surface area contributed by atoms with Crippen LogP contribution in [0.4, 0.5) is 0 Å². The van der Waals surface area contributed by atoms with E-state index in [1.54, 1.807) is 0 Å². The van der Waals surface area contributed by atoms with Gasteiger partial charge in [-0.25, -0.2) is 0 Å². The number of benzene rings is 1. The fraction of sp³-hybridized carbons (Fsp3) is 0. The third-order valence-electron chi connectivity index (χ3n) is 1.46. The van der Waals surface area contributed by atoms with Gasteiger partial charge in [0.2, 0.25) is 12.3 Å². The molecule has 0 saturated heterocycles. The lowest BCUT2D eigenvalue weighted by molar-refractivity contribution is 0.568. The zero-order valence-corrected chi connectivity index (χ0v) is 8.22. The average Bonchev–Trinajstić information content (AvgIpc) is 2.57. The van der Waals surface area contributed by atoms with Crippen LogP contribution in [0, 0.1) is 3.57 Å². The largest absolute Gasteiger partial charge is 0.423 e. The quantitative estimate of drug-likeness (QED) is 0.748. The maximum atomic E-state index is 5.07. The zero-order valence-electron chi connectivity index (χ0n) is 6.07. The van der Waals surface area contributed by atoms with E-state index in [1.165, 1.54) is 6.39 Å². The minimum atomic E-state index is 0.569. The molecule has 0 aliphatic carbocycles. The summed E-state index contributed by atoms with van der Waals surface area (Å²) in [4.78, 5) is 0. The number of aromatic nitrogens is 2. The molecule has 0 N–H and O–H groups in total. The third kappa shape index (κ3) is 1.34. The molecule has 12 heavy (non-hydrogen) atoms. The van der Waals surface area contributed by atoms with Crippen LogP contribution >= 0.6 is 22.6 Å². The molecule has 0 spiro atoms. The van der Waals surface area contributed by atoms with Crippen molar-refractivity contribution in [3.63, 3.8) is 0 Å². The van der Waals surface area contributed by atoms with Crippen LogP contribution < -0.4 is 0 Å². The molecule has 0 radical (unpaired) electrons. The highest BCUT2D eigenvalue weighted by molar-refractivity contribution is 14.1. The van der Waals surface area contributed by atoms with Crippen LogP contribution in [0.3, 0.4) is 0 Å². The molecule has 1 heterocycles. The molecule has 0 fully saturated rings. The summed E-state index contributed by atoms with van der Waals surface area (Å²) in [6.07, 6.45) is 1.33. The molecule has 0 bridgehead atoms. The SMILES string of the molecule is Ic1ccccc1-c1nnco1. The molecule has 0 saturated carbocycles. The highest BCUT2D eigenvalue weighted by Gasteiger charge is 2.05. The van der Waals surface area contributed by atoms with Crippen molar-refractivity contribution < 1.29 is 4.42 Å². The molecular weight excluding hydrogens is 267 g/mol. The predicted octanol–water partition coefficient (Wildman–Crippen LogP) is 2.34. The Labute approximate surface area is 83.0 Å². The molecule has 4 heteroatoms. The Morgan fingerprint density at radius 2 is 2.08 bits per heavy atom. The highest BCUT2D eigenvalue weighted by Crippen LogP contribution is 2.21. The summed E-state index contributed by atoms with van der Waals surface area (Å²) in [6.45, 7) is 0. The van der Waals surface area contributed by atoms with Crippen molar-refractivity contribution in [3.05, 3.63) is 34.2 Å². The molecular formula is C8H5IN2O. The van der Waals surface area contributed by atoms with Crippen LogP contribution in [0.15, 0.2) is 35.1 Å². The van der Waals surface area contributed by atoms with Gasteiger partial charge < -0.3 is 4.42 Å². The van der Waals surface area contributed by atoms with Crippen molar-refractivity contribution in [1.29, 1.82) is 0 Å². The van der Waals surface area contributed by atoms with Crippen LogP contribution in [0.2, 0.25) is 0 Å². The summed E-state index contributed by atoms with van der Waals surface area (Å²) in [5.41, 5.74) is 0.982. The van der Waals surface area contributed by atoms with Crippen LogP contribution in [-0.2, 0) is 0 Å². The van der Waals surface area contributed by atoms with Crippen molar-refractivity contribution in [2.45, 2.75) is 0 Å². The molecule has 0 atom stereocenters. The van der Waals surface area contributed by atoms with E-state index in [-0.39, 0.29) is 0 Å². The Balaban J connectivity index is 2.55. The molecule has 0 amide bonds. The molecule has 0 aliphatic rings. The van der Waals surface area contributed by atoms with E-state index in [2.05, 4.69) is 32.8 Å². The van der Waals surface area contributed by atoms with E-state index in [9.17, 15) is 0 Å². The number of rotatable bonds is 1. The van der Waals surface area contributed by atoms with Gasteiger partial charge >= 0.3 is 0 Å². The summed E-state index contributed by atoms with van der Waals surface area (Å²) < 4.78 is 6.18. The number of nitrogens with zero attached hydrogens (tertiary/aromatic N) is 2. The second-order valence-corrected chi connectivity index (χ2v) is 3.39. The first kappa shape index (κ1) is 7.72. The smallest absolute Gasteiger partial charge is 0.248 e. The number of halogens is 1. The summed E-state index contributed by atoms with van der Waals surface area (Å²) in [7, 11) is 0. The van der Waals surface area contributed by atoms with Crippen molar-refractivity contribution in [2.24, 2.45) is 0 Å². The molecule has 3 nitrogen and oxygen atoms in total. The van der Waals surface area contributed by atoms with Gasteiger partial charge in [-0.3, -0.25) is 0 Å². The lowest BCUT2D eigenvalue weighted by atomic mass is 10.2. The first-order valence-corrected chi connectivity index (χ1v) is 4.47. The van der Waals surface area contributed by atoms with Gasteiger partial charge in [0.15, 0.2) is 0 Å². The molecule has 2 aromatic rings. The Hall–Kier alpha value is -0.910. The summed E-state index contributed by atoms with van der Waals surface area (Å²) >= 11 is 2.23. The molecule has 1 aromatic heterocycles. The van der Waals surface area contributed by atoms with Crippen LogP contribution in [0.1, 0.15) is 0 Å². The van der Waals surface area contributed by atoms with Gasteiger partial charge in [0, 0.05) is 3.57 Å². The van der Waals surface area contributed by atoms with E-state index in [4.69, 9.17) is 4.42 Å². The van der Waals surface area contributed by atoms with E-state index in [1.807, 2.05) is 24.3 Å². The van der Waals surface area contributed by atoms with Gasteiger partial charge in [0.05, 0.1) is 5.56 Å². The van der Waals surface area contributed by atoms with E-state index in [0.29, 0.717) is 5.89 Å². The van der Waals surface area contributed by atoms with Gasteiger partial charge in [0.1, 0.15) is 0 Å². The Morgan fingerprint density at radius 1 is 1.25 bits per heavy atom. The summed E-state index contributed by atoms with van der Waals surface area (Å²) in [5.74, 6) is 0.569. The second-order valence-electron chi connectivity index (χ2n) is 2.22. The molecule has 1 aromatic carbocycles. The normalized spacial score (nSPS) is 10.1. The molecule has 0 aliphatic heterocycles. The second kappa shape index (κ2) is 3.22.